The van der Waals surface area contributed by atoms with Crippen molar-refractivity contribution in [3.8, 4) is 19.5 Å². The molecule has 1 atom stereocenters. The van der Waals surface area contributed by atoms with Crippen molar-refractivity contribution in [3.05, 3.63) is 43.0 Å². The highest BCUT2D eigenvalue weighted by molar-refractivity contribution is 9.11. The summed E-state index contributed by atoms with van der Waals surface area (Å²) in [4.78, 5) is 5.34. The van der Waals surface area contributed by atoms with E-state index in [4.69, 9.17) is 8.75 Å². The minimum absolute atomic E-state index is 0.636. The van der Waals surface area contributed by atoms with E-state index in [0.717, 1.165) is 23.9 Å². The number of hydrogen-bond donors (Lipinski definition) is 0. The molecule has 6 aromatic rings. The van der Waals surface area contributed by atoms with Gasteiger partial charge in [-0.3, -0.25) is 0 Å². The summed E-state index contributed by atoms with van der Waals surface area (Å²) in [5.41, 5.74) is 4.96. The van der Waals surface area contributed by atoms with Gasteiger partial charge in [0.15, 0.2) is 0 Å². The molecule has 0 amide bonds. The topological polar surface area (TPSA) is 25.8 Å². The van der Waals surface area contributed by atoms with Crippen LogP contribution in [0.1, 0.15) is 83.8 Å². The van der Waals surface area contributed by atoms with Gasteiger partial charge in [-0.15, -0.1) is 45.3 Å². The van der Waals surface area contributed by atoms with Crippen LogP contribution in [-0.2, 0) is 12.8 Å². The molecule has 0 fully saturated rings. The molecule has 6 rings (SSSR count). The molecule has 0 aliphatic carbocycles. The van der Waals surface area contributed by atoms with Crippen LogP contribution in [0, 0.1) is 11.8 Å². The Hall–Kier alpha value is -0.680. The third-order valence-electron chi connectivity index (χ3n) is 7.92. The maximum atomic E-state index is 4.78. The SMILES string of the molecule is CCCCCCCCC(C)Cc1cc(-c2cc3c4nsnc4c4cc(-c5cc(CC(C)C)c(Br)s5)sc4c3s2)sc1Br. The van der Waals surface area contributed by atoms with Gasteiger partial charge in [-0.1, -0.05) is 72.6 Å². The quantitative estimate of drug-likeness (QED) is 0.109. The second-order valence-corrected chi connectivity index (χ2v) is 19.3. The second kappa shape index (κ2) is 13.8. The van der Waals surface area contributed by atoms with Crippen molar-refractivity contribution in [1.29, 1.82) is 0 Å². The van der Waals surface area contributed by atoms with Gasteiger partial charge >= 0.3 is 0 Å². The Balaban J connectivity index is 1.29. The summed E-state index contributed by atoms with van der Waals surface area (Å²) in [5.74, 6) is 1.35. The van der Waals surface area contributed by atoms with E-state index in [1.165, 1.54) is 115 Å². The summed E-state index contributed by atoms with van der Waals surface area (Å²) >= 11 is 16.6. The number of hydrogen-bond acceptors (Lipinski definition) is 7. The molecule has 0 radical (unpaired) electrons. The maximum Gasteiger partial charge on any atom is 0.114 e. The van der Waals surface area contributed by atoms with Crippen molar-refractivity contribution < 1.29 is 0 Å². The third kappa shape index (κ3) is 6.63. The van der Waals surface area contributed by atoms with E-state index < -0.39 is 0 Å². The third-order valence-corrected chi connectivity index (χ3v) is 15.2. The molecule has 5 aromatic heterocycles. The Labute approximate surface area is 286 Å². The summed E-state index contributed by atoms with van der Waals surface area (Å²) < 4.78 is 14.8. The van der Waals surface area contributed by atoms with Gasteiger partial charge < -0.3 is 0 Å². The monoisotopic (exact) mass is 778 g/mol. The lowest BCUT2D eigenvalue weighted by atomic mass is 9.96. The van der Waals surface area contributed by atoms with Gasteiger partial charge in [-0.25, -0.2) is 0 Å². The zero-order chi connectivity index (χ0) is 29.4. The first-order chi connectivity index (χ1) is 20.3. The van der Waals surface area contributed by atoms with Crippen LogP contribution < -0.4 is 0 Å². The lowest BCUT2D eigenvalue weighted by molar-refractivity contribution is 0.481. The maximum absolute atomic E-state index is 4.78. The molecule has 9 heteroatoms. The fourth-order valence-electron chi connectivity index (χ4n) is 5.78. The van der Waals surface area contributed by atoms with Gasteiger partial charge in [-0.05, 0) is 91.9 Å². The van der Waals surface area contributed by atoms with Gasteiger partial charge in [0.2, 0.25) is 0 Å². The normalized spacial score (nSPS) is 13.0. The molecule has 0 saturated heterocycles. The average Bonchev–Trinajstić information content (AvgIpc) is 3.76. The predicted octanol–water partition coefficient (Wildman–Crippen LogP) is 14.2. The lowest BCUT2D eigenvalue weighted by Gasteiger charge is -2.10. The summed E-state index contributed by atoms with van der Waals surface area (Å²) in [6, 6.07) is 9.53. The molecule has 42 heavy (non-hydrogen) atoms. The summed E-state index contributed by atoms with van der Waals surface area (Å²) in [6.45, 7) is 9.28. The van der Waals surface area contributed by atoms with E-state index in [9.17, 15) is 0 Å². The van der Waals surface area contributed by atoms with E-state index in [1.807, 2.05) is 45.3 Å². The molecular formula is C33H36Br2N2S5. The summed E-state index contributed by atoms with van der Waals surface area (Å²) in [6.07, 6.45) is 11.8. The van der Waals surface area contributed by atoms with Crippen molar-refractivity contribution in [2.75, 3.05) is 0 Å². The number of halogens is 2. The van der Waals surface area contributed by atoms with E-state index in [2.05, 4.69) is 83.8 Å². The molecule has 0 N–H and O–H groups in total. The van der Waals surface area contributed by atoms with Gasteiger partial charge in [0.25, 0.3) is 0 Å². The summed E-state index contributed by atoms with van der Waals surface area (Å²) in [7, 11) is 0. The van der Waals surface area contributed by atoms with E-state index in [-0.39, 0.29) is 0 Å². The highest BCUT2D eigenvalue weighted by atomic mass is 79.9. The number of nitrogens with zero attached hydrogens (tertiary/aromatic N) is 2. The standard InChI is InChI=1S/C33H36Br2N2S5/c1-5-6-7-8-9-10-11-19(4)13-21-15-25(41-33(21)35)27-17-23-29-28(36-42-37-29)22-16-26(38-30(22)31(23)39-27)24-14-20(12-18(2)3)32(34)40-24/h14-19H,5-13H2,1-4H3. The lowest BCUT2D eigenvalue weighted by Crippen LogP contribution is -1.99. The second-order valence-electron chi connectivity index (χ2n) is 12.0. The Morgan fingerprint density at radius 2 is 1.14 bits per heavy atom. The molecule has 2 nitrogen and oxygen atoms in total. The number of unbranched alkanes of at least 4 members (excludes halogenated alkanes) is 5. The zero-order valence-corrected chi connectivity index (χ0v) is 31.8. The molecule has 5 heterocycles. The number of fused-ring (bicyclic) bond motifs is 6. The van der Waals surface area contributed by atoms with Crippen LogP contribution in [0.25, 0.3) is 50.7 Å². The Bertz CT molecular complexity index is 1820. The van der Waals surface area contributed by atoms with Crippen LogP contribution >= 0.6 is 88.9 Å². The molecule has 0 saturated carbocycles. The highest BCUT2D eigenvalue weighted by Gasteiger charge is 2.21. The van der Waals surface area contributed by atoms with Crippen LogP contribution in [0.2, 0.25) is 0 Å². The van der Waals surface area contributed by atoms with Crippen molar-refractivity contribution in [1.82, 2.24) is 8.75 Å². The van der Waals surface area contributed by atoms with Crippen LogP contribution in [0.3, 0.4) is 0 Å². The van der Waals surface area contributed by atoms with E-state index in [0.29, 0.717) is 11.8 Å². The van der Waals surface area contributed by atoms with Gasteiger partial charge in [-0.2, -0.15) is 8.75 Å². The largest absolute Gasteiger partial charge is 0.172 e. The molecule has 0 aliphatic rings. The molecule has 222 valence electrons. The van der Waals surface area contributed by atoms with Crippen molar-refractivity contribution >= 4 is 120 Å². The summed E-state index contributed by atoms with van der Waals surface area (Å²) in [5, 5.41) is 2.49. The number of thiophene rings is 4. The molecule has 0 bridgehead atoms. The van der Waals surface area contributed by atoms with Gasteiger partial charge in [0.05, 0.1) is 28.7 Å². The fourth-order valence-corrected chi connectivity index (χ4v) is 12.4. The first-order valence-corrected chi connectivity index (χ1v) is 20.6. The average molecular weight is 781 g/mol. The number of aromatic nitrogens is 2. The van der Waals surface area contributed by atoms with Crippen molar-refractivity contribution in [3.63, 3.8) is 0 Å². The smallest absolute Gasteiger partial charge is 0.114 e. The van der Waals surface area contributed by atoms with Crippen LogP contribution in [0.15, 0.2) is 31.8 Å². The minimum Gasteiger partial charge on any atom is -0.172 e. The zero-order valence-electron chi connectivity index (χ0n) is 24.5. The minimum atomic E-state index is 0.636. The molecule has 1 aromatic carbocycles. The van der Waals surface area contributed by atoms with Crippen LogP contribution in [0.5, 0.6) is 0 Å². The van der Waals surface area contributed by atoms with Crippen LogP contribution in [0.4, 0.5) is 0 Å². The first-order valence-electron chi connectivity index (χ1n) is 15.0. The Morgan fingerprint density at radius 3 is 1.69 bits per heavy atom. The van der Waals surface area contributed by atoms with Gasteiger partial charge in [0, 0.05) is 30.3 Å². The Morgan fingerprint density at radius 1 is 0.643 bits per heavy atom. The Kier molecular flexibility index (Phi) is 10.3. The predicted molar refractivity (Wildman–Crippen MR) is 200 cm³/mol. The molecular weight excluding hydrogens is 745 g/mol. The molecule has 0 aliphatic heterocycles. The number of rotatable bonds is 13. The van der Waals surface area contributed by atoms with E-state index >= 15 is 0 Å². The highest BCUT2D eigenvalue weighted by Crippen LogP contribution is 2.50. The molecule has 1 unspecified atom stereocenters. The first kappa shape index (κ1) is 31.3. The van der Waals surface area contributed by atoms with Crippen molar-refractivity contribution in [2.24, 2.45) is 11.8 Å². The van der Waals surface area contributed by atoms with Crippen molar-refractivity contribution in [2.45, 2.75) is 85.5 Å². The van der Waals surface area contributed by atoms with Crippen LogP contribution in [-0.4, -0.2) is 8.75 Å². The molecule has 0 spiro atoms. The number of benzene rings is 1. The van der Waals surface area contributed by atoms with Gasteiger partial charge in [0.1, 0.15) is 11.0 Å². The van der Waals surface area contributed by atoms with E-state index in [1.54, 1.807) is 0 Å². The fraction of sp³-hybridized carbons (Fsp3) is 0.455.